The lowest BCUT2D eigenvalue weighted by atomic mass is 10.1. The molecule has 0 radical (unpaired) electrons. The van der Waals surface area contributed by atoms with E-state index in [0.717, 1.165) is 5.56 Å². The number of methoxy groups -OCH3 is 1. The third-order valence-corrected chi connectivity index (χ3v) is 2.74. The molecule has 0 aliphatic rings. The molecule has 0 atom stereocenters. The quantitative estimate of drug-likeness (QED) is 0.884. The molecule has 3 N–H and O–H groups in total. The molecule has 1 heterocycles. The van der Waals surface area contributed by atoms with Gasteiger partial charge >= 0.3 is 0 Å². The van der Waals surface area contributed by atoms with Gasteiger partial charge in [0.1, 0.15) is 5.75 Å². The van der Waals surface area contributed by atoms with Crippen molar-refractivity contribution in [2.75, 3.05) is 18.2 Å². The number of aromatic nitrogens is 1. The molecule has 98 valence electrons. The number of ether oxygens (including phenoxy) is 1. The van der Waals surface area contributed by atoms with Crippen LogP contribution in [0.5, 0.6) is 5.75 Å². The van der Waals surface area contributed by atoms with E-state index in [2.05, 4.69) is 10.3 Å². The molecule has 2 aromatic rings. The summed E-state index contributed by atoms with van der Waals surface area (Å²) in [6.45, 7) is 1.91. The average molecular weight is 257 g/mol. The number of nitrogens with two attached hydrogens (primary N) is 1. The summed E-state index contributed by atoms with van der Waals surface area (Å²) in [5, 5.41) is 2.67. The van der Waals surface area contributed by atoms with Gasteiger partial charge in [-0.15, -0.1) is 0 Å². The summed E-state index contributed by atoms with van der Waals surface area (Å²) in [6, 6.07) is 8.63. The predicted molar refractivity (Wildman–Crippen MR) is 74.3 cm³/mol. The standard InChI is InChI=1S/C14H15N3O2/c1-9-5-6-10(8-12(9)19-2)14(18)17-13-11(15)4-3-7-16-13/h3-8H,15H2,1-2H3,(H,16,17,18). The number of aryl methyl sites for hydroxylation is 1. The maximum atomic E-state index is 12.1. The Bertz CT molecular complexity index is 611. The van der Waals surface area contributed by atoms with E-state index in [1.165, 1.54) is 0 Å². The van der Waals surface area contributed by atoms with E-state index in [9.17, 15) is 4.79 Å². The number of nitrogens with zero attached hydrogens (tertiary/aromatic N) is 1. The summed E-state index contributed by atoms with van der Waals surface area (Å²) in [6.07, 6.45) is 1.57. The second-order valence-corrected chi connectivity index (χ2v) is 4.08. The van der Waals surface area contributed by atoms with Crippen LogP contribution in [0.1, 0.15) is 15.9 Å². The van der Waals surface area contributed by atoms with Gasteiger partial charge in [0, 0.05) is 11.8 Å². The van der Waals surface area contributed by atoms with Crippen molar-refractivity contribution in [1.29, 1.82) is 0 Å². The second kappa shape index (κ2) is 5.39. The van der Waals surface area contributed by atoms with Gasteiger partial charge in [-0.25, -0.2) is 4.98 Å². The molecule has 0 saturated carbocycles. The molecule has 0 fully saturated rings. The smallest absolute Gasteiger partial charge is 0.257 e. The first-order valence-corrected chi connectivity index (χ1v) is 5.78. The number of rotatable bonds is 3. The van der Waals surface area contributed by atoms with Gasteiger partial charge in [0.05, 0.1) is 12.8 Å². The van der Waals surface area contributed by atoms with E-state index >= 15 is 0 Å². The van der Waals surface area contributed by atoms with Gasteiger partial charge in [-0.1, -0.05) is 6.07 Å². The second-order valence-electron chi connectivity index (χ2n) is 4.08. The monoisotopic (exact) mass is 257 g/mol. The lowest BCUT2D eigenvalue weighted by molar-refractivity contribution is 0.102. The Labute approximate surface area is 111 Å². The maximum absolute atomic E-state index is 12.1. The minimum absolute atomic E-state index is 0.274. The Morgan fingerprint density at radius 2 is 2.16 bits per heavy atom. The highest BCUT2D eigenvalue weighted by atomic mass is 16.5. The van der Waals surface area contributed by atoms with E-state index in [-0.39, 0.29) is 5.91 Å². The van der Waals surface area contributed by atoms with Crippen molar-refractivity contribution in [1.82, 2.24) is 4.98 Å². The van der Waals surface area contributed by atoms with Crippen LogP contribution in [0, 0.1) is 6.92 Å². The van der Waals surface area contributed by atoms with Gasteiger partial charge < -0.3 is 15.8 Å². The van der Waals surface area contributed by atoms with Gasteiger partial charge in [-0.2, -0.15) is 0 Å². The maximum Gasteiger partial charge on any atom is 0.257 e. The zero-order valence-corrected chi connectivity index (χ0v) is 10.8. The number of carbonyl (C=O) groups excluding carboxylic acids is 1. The third-order valence-electron chi connectivity index (χ3n) is 2.74. The zero-order chi connectivity index (χ0) is 13.8. The predicted octanol–water partition coefficient (Wildman–Crippen LogP) is 2.23. The first-order valence-electron chi connectivity index (χ1n) is 5.78. The fraction of sp³-hybridized carbons (Fsp3) is 0.143. The Kier molecular flexibility index (Phi) is 3.66. The van der Waals surface area contributed by atoms with E-state index in [4.69, 9.17) is 10.5 Å². The topological polar surface area (TPSA) is 77.2 Å². The molecular formula is C14H15N3O2. The molecule has 0 aliphatic carbocycles. The van der Waals surface area contributed by atoms with E-state index in [0.29, 0.717) is 22.8 Å². The van der Waals surface area contributed by atoms with Gasteiger partial charge in [0.15, 0.2) is 5.82 Å². The molecule has 19 heavy (non-hydrogen) atoms. The van der Waals surface area contributed by atoms with Crippen LogP contribution in [0.3, 0.4) is 0 Å². The van der Waals surface area contributed by atoms with Crippen LogP contribution in [-0.2, 0) is 0 Å². The summed E-state index contributed by atoms with van der Waals surface area (Å²) in [7, 11) is 1.57. The highest BCUT2D eigenvalue weighted by Gasteiger charge is 2.10. The number of hydrogen-bond acceptors (Lipinski definition) is 4. The molecule has 1 amide bonds. The first kappa shape index (κ1) is 12.9. The highest BCUT2D eigenvalue weighted by Crippen LogP contribution is 2.20. The number of hydrogen-bond donors (Lipinski definition) is 2. The summed E-state index contributed by atoms with van der Waals surface area (Å²) < 4.78 is 5.19. The Balaban J connectivity index is 2.23. The van der Waals surface area contributed by atoms with Gasteiger partial charge in [-0.3, -0.25) is 4.79 Å². The molecule has 1 aromatic carbocycles. The van der Waals surface area contributed by atoms with Crippen molar-refractivity contribution in [3.63, 3.8) is 0 Å². The Hall–Kier alpha value is -2.56. The van der Waals surface area contributed by atoms with Crippen LogP contribution in [-0.4, -0.2) is 18.0 Å². The average Bonchev–Trinajstić information content (AvgIpc) is 2.42. The molecule has 0 unspecified atom stereocenters. The van der Waals surface area contributed by atoms with Crippen LogP contribution < -0.4 is 15.8 Å². The molecule has 5 nitrogen and oxygen atoms in total. The number of anilines is 2. The van der Waals surface area contributed by atoms with Crippen molar-refractivity contribution in [3.8, 4) is 5.75 Å². The molecule has 0 aliphatic heterocycles. The summed E-state index contributed by atoms with van der Waals surface area (Å²) in [4.78, 5) is 16.1. The minimum atomic E-state index is -0.274. The summed E-state index contributed by atoms with van der Waals surface area (Å²) in [5.41, 5.74) is 7.61. The van der Waals surface area contributed by atoms with Crippen molar-refractivity contribution >= 4 is 17.4 Å². The zero-order valence-electron chi connectivity index (χ0n) is 10.8. The lowest BCUT2D eigenvalue weighted by Gasteiger charge is -2.09. The van der Waals surface area contributed by atoms with E-state index in [1.807, 2.05) is 13.0 Å². The fourth-order valence-electron chi connectivity index (χ4n) is 1.66. The van der Waals surface area contributed by atoms with E-state index in [1.54, 1.807) is 37.6 Å². The highest BCUT2D eigenvalue weighted by molar-refractivity contribution is 6.05. The van der Waals surface area contributed by atoms with Crippen LogP contribution in [0.25, 0.3) is 0 Å². The molecule has 0 bridgehead atoms. The molecule has 0 spiro atoms. The largest absolute Gasteiger partial charge is 0.496 e. The molecule has 0 saturated heterocycles. The molecular weight excluding hydrogens is 242 g/mol. The minimum Gasteiger partial charge on any atom is -0.496 e. The number of nitrogens with one attached hydrogen (secondary N) is 1. The van der Waals surface area contributed by atoms with Crippen molar-refractivity contribution in [2.24, 2.45) is 0 Å². The Morgan fingerprint density at radius 3 is 2.84 bits per heavy atom. The normalized spacial score (nSPS) is 10.0. The van der Waals surface area contributed by atoms with Crippen LogP contribution in [0.15, 0.2) is 36.5 Å². The van der Waals surface area contributed by atoms with Crippen LogP contribution in [0.2, 0.25) is 0 Å². The molecule has 2 rings (SSSR count). The van der Waals surface area contributed by atoms with Crippen molar-refractivity contribution < 1.29 is 9.53 Å². The van der Waals surface area contributed by atoms with Crippen LogP contribution >= 0.6 is 0 Å². The first-order chi connectivity index (χ1) is 9.11. The fourth-order valence-corrected chi connectivity index (χ4v) is 1.66. The Morgan fingerprint density at radius 1 is 1.37 bits per heavy atom. The number of nitrogen functional groups attached to an aromatic ring is 1. The lowest BCUT2D eigenvalue weighted by Crippen LogP contribution is -2.14. The summed E-state index contributed by atoms with van der Waals surface area (Å²) >= 11 is 0. The SMILES string of the molecule is COc1cc(C(=O)Nc2ncccc2N)ccc1C. The number of carbonyl (C=O) groups is 1. The van der Waals surface area contributed by atoms with Gasteiger partial charge in [-0.05, 0) is 36.8 Å². The van der Waals surface area contributed by atoms with Crippen molar-refractivity contribution in [3.05, 3.63) is 47.7 Å². The number of amides is 1. The van der Waals surface area contributed by atoms with E-state index < -0.39 is 0 Å². The number of pyridine rings is 1. The van der Waals surface area contributed by atoms with Gasteiger partial charge in [0.25, 0.3) is 5.91 Å². The van der Waals surface area contributed by atoms with Gasteiger partial charge in [0.2, 0.25) is 0 Å². The third kappa shape index (κ3) is 2.82. The summed E-state index contributed by atoms with van der Waals surface area (Å²) in [5.74, 6) is 0.748. The number of benzene rings is 1. The van der Waals surface area contributed by atoms with Crippen LogP contribution in [0.4, 0.5) is 11.5 Å². The van der Waals surface area contributed by atoms with Crippen molar-refractivity contribution in [2.45, 2.75) is 6.92 Å². The molecule has 5 heteroatoms. The molecule has 1 aromatic heterocycles.